The summed E-state index contributed by atoms with van der Waals surface area (Å²) in [5.74, 6) is -6.31. The molecule has 1 fully saturated rings. The van der Waals surface area contributed by atoms with Gasteiger partial charge >= 0.3 is 17.6 Å². The number of nitrogens with one attached hydrogen (secondary N) is 1. The maximum absolute atomic E-state index is 15.1. The van der Waals surface area contributed by atoms with E-state index in [1.54, 1.807) is 27.7 Å². The molecule has 1 aliphatic rings. The van der Waals surface area contributed by atoms with Crippen LogP contribution in [0.5, 0.6) is 0 Å². The highest BCUT2D eigenvalue weighted by atomic mass is 35.5. The minimum absolute atomic E-state index is 0. The van der Waals surface area contributed by atoms with Gasteiger partial charge in [-0.25, -0.2) is 4.79 Å². The Balaban J connectivity index is 0.00000544. The summed E-state index contributed by atoms with van der Waals surface area (Å²) >= 11 is 0. The summed E-state index contributed by atoms with van der Waals surface area (Å²) in [7, 11) is 0. The first-order chi connectivity index (χ1) is 14.8. The van der Waals surface area contributed by atoms with Gasteiger partial charge in [0.25, 0.3) is 0 Å². The molecule has 2 rings (SSSR count). The van der Waals surface area contributed by atoms with Crippen LogP contribution < -0.4 is 22.5 Å². The van der Waals surface area contributed by atoms with Gasteiger partial charge in [0.15, 0.2) is 6.10 Å². The van der Waals surface area contributed by atoms with E-state index in [0.717, 1.165) is 12.3 Å². The lowest BCUT2D eigenvalue weighted by molar-refractivity contribution is -0.178. The minimum atomic E-state index is -3.89. The number of amides is 1. The van der Waals surface area contributed by atoms with E-state index in [4.69, 9.17) is 20.9 Å². The van der Waals surface area contributed by atoms with Crippen molar-refractivity contribution in [1.82, 2.24) is 9.55 Å². The molecule has 34 heavy (non-hydrogen) atoms. The molecule has 0 spiro atoms. The quantitative estimate of drug-likeness (QED) is 0.345. The average molecular weight is 534 g/mol. The van der Waals surface area contributed by atoms with Crippen molar-refractivity contribution in [3.63, 3.8) is 0 Å². The van der Waals surface area contributed by atoms with E-state index < -0.39 is 60.6 Å². The molecular formula is C19H31Cl2F2N5O6. The van der Waals surface area contributed by atoms with Crippen molar-refractivity contribution < 1.29 is 33.0 Å². The fourth-order valence-electron chi connectivity index (χ4n) is 2.91. The maximum atomic E-state index is 15.1. The highest BCUT2D eigenvalue weighted by Crippen LogP contribution is 2.44. The molecule has 5 atom stereocenters. The number of aromatic nitrogens is 2. The molecule has 1 saturated heterocycles. The Bertz CT molecular complexity index is 904. The Morgan fingerprint density at radius 3 is 2.26 bits per heavy atom. The van der Waals surface area contributed by atoms with E-state index >= 15 is 8.78 Å². The molecule has 1 unspecified atom stereocenters. The third-order valence-corrected chi connectivity index (χ3v) is 5.12. The number of aliphatic hydroxyl groups excluding tert-OH is 1. The lowest BCUT2D eigenvalue weighted by Crippen LogP contribution is -2.48. The summed E-state index contributed by atoms with van der Waals surface area (Å²) < 4.78 is 40.6. The second-order valence-corrected chi connectivity index (χ2v) is 8.27. The first kappa shape index (κ1) is 32.1. The van der Waals surface area contributed by atoms with E-state index in [1.165, 1.54) is 0 Å². The van der Waals surface area contributed by atoms with Gasteiger partial charge in [-0.3, -0.25) is 14.2 Å². The zero-order valence-electron chi connectivity index (χ0n) is 19.0. The number of anilines is 1. The highest BCUT2D eigenvalue weighted by Gasteiger charge is 2.62. The number of hydrogen-bond donors (Lipinski definition) is 4. The highest BCUT2D eigenvalue weighted by molar-refractivity contribution is 5.93. The lowest BCUT2D eigenvalue weighted by Gasteiger charge is -2.25. The fourth-order valence-corrected chi connectivity index (χ4v) is 2.91. The van der Waals surface area contributed by atoms with E-state index in [2.05, 4.69) is 10.3 Å². The van der Waals surface area contributed by atoms with Gasteiger partial charge in [-0.1, -0.05) is 27.7 Å². The van der Waals surface area contributed by atoms with Crippen molar-refractivity contribution in [2.45, 2.75) is 64.1 Å². The Morgan fingerprint density at radius 1 is 1.24 bits per heavy atom. The van der Waals surface area contributed by atoms with Crippen LogP contribution >= 0.6 is 24.8 Å². The van der Waals surface area contributed by atoms with E-state index in [-0.39, 0.29) is 42.5 Å². The van der Waals surface area contributed by atoms with Gasteiger partial charge in [0.1, 0.15) is 18.0 Å². The summed E-state index contributed by atoms with van der Waals surface area (Å²) in [6, 6.07) is -0.901. The first-order valence-corrected chi connectivity index (χ1v) is 10.1. The first-order valence-electron chi connectivity index (χ1n) is 10.1. The average Bonchev–Trinajstić information content (AvgIpc) is 2.96. The van der Waals surface area contributed by atoms with Gasteiger partial charge < -0.3 is 31.4 Å². The van der Waals surface area contributed by atoms with Gasteiger partial charge in [0, 0.05) is 6.20 Å². The summed E-state index contributed by atoms with van der Waals surface area (Å²) in [5, 5.41) is 11.8. The van der Waals surface area contributed by atoms with E-state index in [1.807, 2.05) is 0 Å². The standard InChI is InChI=1S/C19H29F2N5O6.2ClH/c1-8(2)12(22)15(28)24-11-5-6-26(18(30)25-11)17-19(20,21)14(10(7-27)31-17)32-16(29)13(23)9(3)4;;/h5-6,8-10,12-14,17,27H,7,22-23H2,1-4H3,(H,24,25,28,30);2*1H/t10-,12?,13+,14-,17-;;/m1../s1. The number of rotatable bonds is 8. The SMILES string of the molecule is CC(C)C(N)C(=O)Nc1ccn([C@@H]2O[C@H](CO)[C@@H](OC(=O)[C@@H](N)C(C)C)C2(F)F)c(=O)n1.Cl.Cl. The number of carbonyl (C=O) groups is 2. The number of esters is 1. The van der Waals surface area contributed by atoms with Crippen molar-refractivity contribution in [2.75, 3.05) is 11.9 Å². The molecule has 11 nitrogen and oxygen atoms in total. The van der Waals surface area contributed by atoms with Crippen molar-refractivity contribution in [1.29, 1.82) is 0 Å². The number of ether oxygens (including phenoxy) is 2. The van der Waals surface area contributed by atoms with Gasteiger partial charge in [-0.05, 0) is 17.9 Å². The number of hydrogen-bond acceptors (Lipinski definition) is 9. The zero-order chi connectivity index (χ0) is 24.4. The number of halogens is 4. The fraction of sp³-hybridized carbons (Fsp3) is 0.684. The summed E-state index contributed by atoms with van der Waals surface area (Å²) in [6.07, 6.45) is -5.04. The van der Waals surface area contributed by atoms with Crippen LogP contribution in [0.1, 0.15) is 33.9 Å². The Hall–Kier alpha value is -1.90. The molecule has 0 saturated carbocycles. The Morgan fingerprint density at radius 2 is 1.79 bits per heavy atom. The number of aliphatic hydroxyl groups is 1. The maximum Gasteiger partial charge on any atom is 0.351 e. The lowest BCUT2D eigenvalue weighted by atomic mass is 10.1. The molecule has 1 aliphatic heterocycles. The van der Waals surface area contributed by atoms with Crippen LogP contribution in [-0.4, -0.2) is 63.4 Å². The van der Waals surface area contributed by atoms with Crippen molar-refractivity contribution in [3.05, 3.63) is 22.7 Å². The Kier molecular flexibility index (Phi) is 12.0. The summed E-state index contributed by atoms with van der Waals surface area (Å²) in [6.45, 7) is 5.78. The molecule has 1 aromatic rings. The van der Waals surface area contributed by atoms with Crippen LogP contribution in [0.2, 0.25) is 0 Å². The smallest absolute Gasteiger partial charge is 0.351 e. The largest absolute Gasteiger partial charge is 0.452 e. The van der Waals surface area contributed by atoms with Crippen LogP contribution in [-0.2, 0) is 19.1 Å². The summed E-state index contributed by atoms with van der Waals surface area (Å²) in [4.78, 5) is 40.1. The van der Waals surface area contributed by atoms with Gasteiger partial charge in [-0.15, -0.1) is 24.8 Å². The molecule has 0 bridgehead atoms. The minimum Gasteiger partial charge on any atom is -0.452 e. The molecule has 0 radical (unpaired) electrons. The van der Waals surface area contributed by atoms with Gasteiger partial charge in [0.05, 0.1) is 12.6 Å². The topological polar surface area (TPSA) is 172 Å². The predicted molar refractivity (Wildman–Crippen MR) is 123 cm³/mol. The predicted octanol–water partition coefficient (Wildman–Crippen LogP) is 0.429. The number of nitrogens with two attached hydrogens (primary N) is 2. The molecule has 1 amide bonds. The van der Waals surface area contributed by atoms with Crippen LogP contribution in [0.3, 0.4) is 0 Å². The second kappa shape index (κ2) is 12.7. The number of alkyl halides is 2. The molecule has 6 N–H and O–H groups in total. The molecule has 0 aromatic carbocycles. The third kappa shape index (κ3) is 6.83. The monoisotopic (exact) mass is 533 g/mol. The van der Waals surface area contributed by atoms with E-state index in [9.17, 15) is 19.5 Å². The summed E-state index contributed by atoms with van der Waals surface area (Å²) in [5.41, 5.74) is 10.2. The van der Waals surface area contributed by atoms with E-state index in [0.29, 0.717) is 4.57 Å². The third-order valence-electron chi connectivity index (χ3n) is 5.12. The van der Waals surface area contributed by atoms with Crippen LogP contribution in [0, 0.1) is 11.8 Å². The van der Waals surface area contributed by atoms with Gasteiger partial charge in [0.2, 0.25) is 12.1 Å². The molecule has 15 heteroatoms. The van der Waals surface area contributed by atoms with Gasteiger partial charge in [-0.2, -0.15) is 13.8 Å². The molecular weight excluding hydrogens is 503 g/mol. The number of nitrogens with zero attached hydrogens (tertiary/aromatic N) is 2. The Labute approximate surface area is 207 Å². The van der Waals surface area contributed by atoms with Crippen LogP contribution in [0.15, 0.2) is 17.1 Å². The molecule has 1 aromatic heterocycles. The molecule has 0 aliphatic carbocycles. The van der Waals surface area contributed by atoms with Crippen LogP contribution in [0.4, 0.5) is 14.6 Å². The normalized spacial score (nSPS) is 23.0. The molecule has 2 heterocycles. The second-order valence-electron chi connectivity index (χ2n) is 8.27. The van der Waals surface area contributed by atoms with Crippen LogP contribution in [0.25, 0.3) is 0 Å². The van der Waals surface area contributed by atoms with Crippen molar-refractivity contribution in [3.8, 4) is 0 Å². The van der Waals surface area contributed by atoms with Crippen molar-refractivity contribution in [2.24, 2.45) is 23.3 Å². The van der Waals surface area contributed by atoms with Crippen molar-refractivity contribution >= 4 is 42.5 Å². The number of carbonyl (C=O) groups excluding carboxylic acids is 2. The zero-order valence-corrected chi connectivity index (χ0v) is 20.6. The molecule has 196 valence electrons.